The van der Waals surface area contributed by atoms with Crippen LogP contribution in [0.2, 0.25) is 0 Å². The van der Waals surface area contributed by atoms with E-state index in [1.807, 2.05) is 0 Å². The van der Waals surface area contributed by atoms with E-state index < -0.39 is 6.10 Å². The molecule has 4 fully saturated rings. The van der Waals surface area contributed by atoms with Gasteiger partial charge in [0.2, 0.25) is 0 Å². The van der Waals surface area contributed by atoms with Crippen LogP contribution in [0.25, 0.3) is 0 Å². The highest BCUT2D eigenvalue weighted by molar-refractivity contribution is 5.69. The summed E-state index contributed by atoms with van der Waals surface area (Å²) in [4.78, 5) is 16.7. The monoisotopic (exact) mass is 339 g/mol. The smallest absolute Gasteiger partial charge is 0.306 e. The molecule has 0 spiro atoms. The summed E-state index contributed by atoms with van der Waals surface area (Å²) >= 11 is 0. The molecule has 2 bridgehead atoms. The number of ether oxygens (including phenoxy) is 1. The van der Waals surface area contributed by atoms with Crippen LogP contribution in [0.4, 0.5) is 0 Å². The molecular weight excluding hydrogens is 306 g/mol. The first-order valence-corrected chi connectivity index (χ1v) is 9.69. The van der Waals surface area contributed by atoms with Crippen molar-refractivity contribution in [3.05, 3.63) is 0 Å². The summed E-state index contributed by atoms with van der Waals surface area (Å²) in [6, 6.07) is -0.0672. The molecule has 0 unspecified atom stereocenters. The molecule has 0 amide bonds. The Labute approximate surface area is 145 Å². The van der Waals surface area contributed by atoms with Crippen molar-refractivity contribution in [1.29, 1.82) is 0 Å². The summed E-state index contributed by atoms with van der Waals surface area (Å²) in [5, 5.41) is 9.79. The van der Waals surface area contributed by atoms with Crippen LogP contribution in [0, 0.1) is 5.92 Å². The van der Waals surface area contributed by atoms with Gasteiger partial charge in [0.1, 0.15) is 6.10 Å². The van der Waals surface area contributed by atoms with Gasteiger partial charge in [-0.15, -0.1) is 0 Å². The average molecular weight is 339 g/mol. The van der Waals surface area contributed by atoms with Gasteiger partial charge >= 0.3 is 5.97 Å². The summed E-state index contributed by atoms with van der Waals surface area (Å²) in [5.41, 5.74) is 5.82. The Morgan fingerprint density at radius 2 is 1.88 bits per heavy atom. The van der Waals surface area contributed by atoms with E-state index in [4.69, 9.17) is 10.5 Å². The molecule has 0 aromatic heterocycles. The molecule has 4 heterocycles. The van der Waals surface area contributed by atoms with Crippen molar-refractivity contribution in [2.24, 2.45) is 11.7 Å². The normalized spacial score (nSPS) is 36.7. The largest absolute Gasteiger partial charge is 0.461 e. The first-order chi connectivity index (χ1) is 11.6. The summed E-state index contributed by atoms with van der Waals surface area (Å²) in [5.74, 6) is 0.573. The van der Waals surface area contributed by atoms with Crippen LogP contribution in [0.5, 0.6) is 0 Å². The van der Waals surface area contributed by atoms with Crippen molar-refractivity contribution in [1.82, 2.24) is 9.80 Å². The Morgan fingerprint density at radius 1 is 1.08 bits per heavy atom. The number of rotatable bonds is 7. The molecule has 0 aromatic rings. The zero-order chi connectivity index (χ0) is 16.9. The van der Waals surface area contributed by atoms with Crippen LogP contribution in [-0.2, 0) is 9.53 Å². The van der Waals surface area contributed by atoms with Crippen LogP contribution in [0.15, 0.2) is 0 Å². The predicted octanol–water partition coefficient (Wildman–Crippen LogP) is 0.578. The second-order valence-electron chi connectivity index (χ2n) is 7.80. The molecule has 3 N–H and O–H groups in total. The van der Waals surface area contributed by atoms with Crippen molar-refractivity contribution in [3.63, 3.8) is 0 Å². The molecule has 24 heavy (non-hydrogen) atoms. The van der Waals surface area contributed by atoms with E-state index in [2.05, 4.69) is 9.80 Å². The lowest BCUT2D eigenvalue weighted by Crippen LogP contribution is -2.51. The van der Waals surface area contributed by atoms with E-state index in [9.17, 15) is 9.90 Å². The number of aliphatic hydroxyl groups excluding tert-OH is 1. The van der Waals surface area contributed by atoms with Crippen LogP contribution < -0.4 is 5.73 Å². The molecule has 4 aliphatic heterocycles. The van der Waals surface area contributed by atoms with Gasteiger partial charge in [-0.1, -0.05) is 6.42 Å². The van der Waals surface area contributed by atoms with Gasteiger partial charge in [-0.3, -0.25) is 9.69 Å². The number of β-amino-alcohol motifs (C(OH)–C–C–N with tert-alkyl or cyclic N) is 1. The number of piperidine rings is 4. The maximum Gasteiger partial charge on any atom is 0.306 e. The maximum absolute atomic E-state index is 12.0. The molecule has 138 valence electrons. The zero-order valence-electron chi connectivity index (χ0n) is 14.7. The third-order valence-corrected chi connectivity index (χ3v) is 5.95. The van der Waals surface area contributed by atoms with Crippen molar-refractivity contribution in [3.8, 4) is 0 Å². The quantitative estimate of drug-likeness (QED) is 0.522. The minimum atomic E-state index is -0.393. The Kier molecular flexibility index (Phi) is 6.49. The lowest BCUT2D eigenvalue weighted by Gasteiger charge is -2.43. The maximum atomic E-state index is 12.0. The topological polar surface area (TPSA) is 79.0 Å². The van der Waals surface area contributed by atoms with Crippen LogP contribution in [0.3, 0.4) is 0 Å². The van der Waals surface area contributed by atoms with Crippen molar-refractivity contribution in [2.75, 3.05) is 39.3 Å². The van der Waals surface area contributed by atoms with E-state index in [-0.39, 0.29) is 18.1 Å². The summed E-state index contributed by atoms with van der Waals surface area (Å²) in [6.45, 7) is 5.93. The van der Waals surface area contributed by atoms with Gasteiger partial charge in [0, 0.05) is 25.6 Å². The third kappa shape index (κ3) is 4.91. The van der Waals surface area contributed by atoms with E-state index >= 15 is 0 Å². The minimum Gasteiger partial charge on any atom is -0.461 e. The number of unbranched alkanes of at least 4 members (excludes halogenated alkanes) is 2. The number of nitrogens with two attached hydrogens (primary N) is 1. The van der Waals surface area contributed by atoms with Crippen LogP contribution in [-0.4, -0.2) is 78.4 Å². The number of carbonyl (C=O) groups excluding carboxylic acids is 1. The number of likely N-dealkylation sites (tertiary alicyclic amines) is 1. The molecule has 4 rings (SSSR count). The number of fused-ring (bicyclic) bond motifs is 3. The van der Waals surface area contributed by atoms with Gasteiger partial charge in [0.15, 0.2) is 0 Å². The predicted molar refractivity (Wildman–Crippen MR) is 92.6 cm³/mol. The number of carbonyl (C=O) groups is 1. The molecule has 0 radical (unpaired) electrons. The average Bonchev–Trinajstić information content (AvgIpc) is 2.59. The lowest BCUT2D eigenvalue weighted by atomic mass is 9.86. The Hall–Kier alpha value is -0.690. The Bertz CT molecular complexity index is 412. The molecule has 4 saturated heterocycles. The van der Waals surface area contributed by atoms with E-state index in [1.54, 1.807) is 0 Å². The van der Waals surface area contributed by atoms with E-state index in [1.165, 1.54) is 25.9 Å². The fraction of sp³-hybridized carbons (Fsp3) is 0.944. The summed E-state index contributed by atoms with van der Waals surface area (Å²) < 4.78 is 5.71. The van der Waals surface area contributed by atoms with Gasteiger partial charge in [0.05, 0.1) is 6.10 Å². The number of hydrogen-bond donors (Lipinski definition) is 2. The Balaban J connectivity index is 1.24. The third-order valence-electron chi connectivity index (χ3n) is 5.95. The second-order valence-corrected chi connectivity index (χ2v) is 7.80. The highest BCUT2D eigenvalue weighted by Crippen LogP contribution is 2.29. The fourth-order valence-corrected chi connectivity index (χ4v) is 4.27. The molecular formula is C18H33N3O3. The molecule has 0 aliphatic carbocycles. The van der Waals surface area contributed by atoms with E-state index in [0.29, 0.717) is 18.9 Å². The number of aliphatic hydroxyl groups is 1. The molecule has 0 saturated carbocycles. The van der Waals surface area contributed by atoms with Gasteiger partial charge in [-0.05, 0) is 64.2 Å². The van der Waals surface area contributed by atoms with Crippen molar-refractivity contribution < 1.29 is 14.6 Å². The Morgan fingerprint density at radius 3 is 2.54 bits per heavy atom. The van der Waals surface area contributed by atoms with E-state index in [0.717, 1.165) is 45.3 Å². The molecule has 3 atom stereocenters. The number of hydrogen-bond acceptors (Lipinski definition) is 6. The summed E-state index contributed by atoms with van der Waals surface area (Å²) in [7, 11) is 0. The number of nitrogens with zero attached hydrogens (tertiary/aromatic N) is 2. The molecule has 6 nitrogen and oxygen atoms in total. The van der Waals surface area contributed by atoms with Crippen molar-refractivity contribution >= 4 is 5.97 Å². The van der Waals surface area contributed by atoms with Crippen molar-refractivity contribution in [2.45, 2.75) is 63.2 Å². The van der Waals surface area contributed by atoms with Gasteiger partial charge in [-0.25, -0.2) is 0 Å². The van der Waals surface area contributed by atoms with Gasteiger partial charge in [-0.2, -0.15) is 0 Å². The first-order valence-electron chi connectivity index (χ1n) is 9.69. The summed E-state index contributed by atoms with van der Waals surface area (Å²) in [6.07, 6.45) is 6.52. The standard InChI is InChI=1S/C18H33N3O3/c19-15-7-11-20(12-16(15)22)8-3-1-2-4-18(23)24-17-13-21-9-5-14(17)6-10-21/h14-17,22H,1-13,19H2/t15-,16+,17+/m1/s1. The van der Waals surface area contributed by atoms with Gasteiger partial charge < -0.3 is 20.5 Å². The highest BCUT2D eigenvalue weighted by Gasteiger charge is 2.36. The molecule has 0 aromatic carbocycles. The first kappa shape index (κ1) is 18.1. The SMILES string of the molecule is N[C@@H]1CCN(CCCCCC(=O)O[C@H]2CN3CCC2CC3)C[C@@H]1O. The van der Waals surface area contributed by atoms with Crippen LogP contribution in [0.1, 0.15) is 44.9 Å². The molecule has 6 heteroatoms. The second kappa shape index (κ2) is 8.61. The lowest BCUT2D eigenvalue weighted by molar-refractivity contribution is -0.158. The number of esters is 1. The van der Waals surface area contributed by atoms with Crippen LogP contribution >= 0.6 is 0 Å². The highest BCUT2D eigenvalue weighted by atomic mass is 16.5. The fourth-order valence-electron chi connectivity index (χ4n) is 4.27. The minimum absolute atomic E-state index is 0.0203. The molecule has 4 aliphatic rings. The van der Waals surface area contributed by atoms with Gasteiger partial charge in [0.25, 0.3) is 0 Å². The zero-order valence-corrected chi connectivity index (χ0v) is 14.7.